The van der Waals surface area contributed by atoms with E-state index in [0.29, 0.717) is 18.1 Å². The first kappa shape index (κ1) is 18.0. The summed E-state index contributed by atoms with van der Waals surface area (Å²) < 4.78 is 0. The maximum Gasteiger partial charge on any atom is 0.171 e. The normalized spacial score (nSPS) is 25.2. The van der Waals surface area contributed by atoms with Gasteiger partial charge in [0.25, 0.3) is 0 Å². The van der Waals surface area contributed by atoms with E-state index in [0.717, 1.165) is 17.3 Å². The minimum Gasteiger partial charge on any atom is -0.360 e. The molecule has 0 amide bonds. The Balaban J connectivity index is 1.34. The molecule has 1 aromatic carbocycles. The first-order valence-corrected chi connectivity index (χ1v) is 10.8. The Morgan fingerprint density at radius 3 is 2.62 bits per heavy atom. The zero-order chi connectivity index (χ0) is 18.1. The zero-order valence-corrected chi connectivity index (χ0v) is 17.1. The third-order valence-electron chi connectivity index (χ3n) is 5.99. The van der Waals surface area contributed by atoms with Crippen LogP contribution in [0.3, 0.4) is 0 Å². The molecule has 2 aromatic rings. The molecular weight excluding hydrogens is 358 g/mol. The Bertz CT molecular complexity index is 758. The van der Waals surface area contributed by atoms with Crippen molar-refractivity contribution in [2.24, 2.45) is 0 Å². The first-order chi connectivity index (χ1) is 12.6. The lowest BCUT2D eigenvalue weighted by Crippen LogP contribution is -2.50. The van der Waals surface area contributed by atoms with Crippen LogP contribution in [-0.4, -0.2) is 28.1 Å². The van der Waals surface area contributed by atoms with E-state index in [1.54, 1.807) is 0 Å². The third kappa shape index (κ3) is 3.80. The van der Waals surface area contributed by atoms with Crippen molar-refractivity contribution in [2.45, 2.75) is 64.2 Å². The number of benzene rings is 1. The molecule has 26 heavy (non-hydrogen) atoms. The van der Waals surface area contributed by atoms with Crippen molar-refractivity contribution in [1.82, 2.24) is 10.2 Å². The van der Waals surface area contributed by atoms with Crippen molar-refractivity contribution in [2.75, 3.05) is 5.32 Å². The van der Waals surface area contributed by atoms with Gasteiger partial charge >= 0.3 is 0 Å². The molecule has 2 saturated heterocycles. The van der Waals surface area contributed by atoms with E-state index in [9.17, 15) is 0 Å². The van der Waals surface area contributed by atoms with Gasteiger partial charge < -0.3 is 10.6 Å². The number of piperidine rings is 1. The standard InChI is InChI=1S/C21H27N3S2/c1-14-5-3-7-20(15(14)2)23-21(25)22-16-11-17-8-9-18(12-16)24(17)13-19-6-4-10-26-19/h3-7,10,16-18H,8-9,11-13H2,1-2H3,(H2,22,23,25)/t17-,18-/m1/s1. The summed E-state index contributed by atoms with van der Waals surface area (Å²) in [5.41, 5.74) is 3.67. The number of thiophene rings is 1. The molecule has 138 valence electrons. The Morgan fingerprint density at radius 2 is 1.92 bits per heavy atom. The third-order valence-corrected chi connectivity index (χ3v) is 7.07. The van der Waals surface area contributed by atoms with Crippen LogP contribution < -0.4 is 10.6 Å². The highest BCUT2D eigenvalue weighted by molar-refractivity contribution is 7.80. The molecule has 2 fully saturated rings. The highest BCUT2D eigenvalue weighted by Gasteiger charge is 2.40. The van der Waals surface area contributed by atoms with Gasteiger partial charge in [0.05, 0.1) is 0 Å². The minimum atomic E-state index is 0.484. The molecule has 0 spiro atoms. The number of hydrogen-bond donors (Lipinski definition) is 2. The predicted molar refractivity (Wildman–Crippen MR) is 115 cm³/mol. The molecule has 4 rings (SSSR count). The molecule has 0 aliphatic carbocycles. The summed E-state index contributed by atoms with van der Waals surface area (Å²) >= 11 is 7.48. The molecule has 3 nitrogen and oxygen atoms in total. The van der Waals surface area contributed by atoms with Gasteiger partial charge in [-0.3, -0.25) is 4.90 Å². The molecule has 2 aliphatic heterocycles. The number of fused-ring (bicyclic) bond motifs is 2. The Hall–Kier alpha value is -1.43. The van der Waals surface area contributed by atoms with Gasteiger partial charge in [-0.15, -0.1) is 11.3 Å². The number of thiocarbonyl (C=S) groups is 1. The largest absolute Gasteiger partial charge is 0.360 e. The lowest BCUT2D eigenvalue weighted by molar-refractivity contribution is 0.116. The molecule has 3 heterocycles. The lowest BCUT2D eigenvalue weighted by atomic mass is 9.97. The molecule has 0 saturated carbocycles. The Kier molecular flexibility index (Phi) is 5.30. The smallest absolute Gasteiger partial charge is 0.171 e. The molecule has 0 unspecified atom stereocenters. The van der Waals surface area contributed by atoms with Crippen molar-refractivity contribution in [1.29, 1.82) is 0 Å². The number of anilines is 1. The van der Waals surface area contributed by atoms with Gasteiger partial charge in [-0.1, -0.05) is 18.2 Å². The average molecular weight is 386 g/mol. The number of nitrogens with zero attached hydrogens (tertiary/aromatic N) is 1. The summed E-state index contributed by atoms with van der Waals surface area (Å²) in [6, 6.07) is 12.6. The van der Waals surface area contributed by atoms with Crippen LogP contribution in [0.2, 0.25) is 0 Å². The van der Waals surface area contributed by atoms with Crippen LogP contribution in [0, 0.1) is 13.8 Å². The van der Waals surface area contributed by atoms with Crippen molar-refractivity contribution in [3.8, 4) is 0 Å². The zero-order valence-electron chi connectivity index (χ0n) is 15.5. The van der Waals surface area contributed by atoms with Crippen molar-refractivity contribution in [3.05, 3.63) is 51.7 Å². The minimum absolute atomic E-state index is 0.484. The molecule has 2 aliphatic rings. The van der Waals surface area contributed by atoms with Crippen LogP contribution in [0.4, 0.5) is 5.69 Å². The maximum atomic E-state index is 5.61. The van der Waals surface area contributed by atoms with Crippen LogP contribution in [-0.2, 0) is 6.54 Å². The summed E-state index contributed by atoms with van der Waals surface area (Å²) in [5, 5.41) is 9.94. The lowest BCUT2D eigenvalue weighted by Gasteiger charge is -2.39. The fraction of sp³-hybridized carbons (Fsp3) is 0.476. The monoisotopic (exact) mass is 385 g/mol. The van der Waals surface area contributed by atoms with E-state index >= 15 is 0 Å². The average Bonchev–Trinajstić information content (AvgIpc) is 3.19. The van der Waals surface area contributed by atoms with Gasteiger partial charge in [-0.25, -0.2) is 0 Å². The predicted octanol–water partition coefficient (Wildman–Crippen LogP) is 4.85. The van der Waals surface area contributed by atoms with Gasteiger partial charge in [0.1, 0.15) is 0 Å². The van der Waals surface area contributed by atoms with E-state index in [1.807, 2.05) is 11.3 Å². The Morgan fingerprint density at radius 1 is 1.15 bits per heavy atom. The summed E-state index contributed by atoms with van der Waals surface area (Å²) in [7, 11) is 0. The van der Waals surface area contributed by atoms with Crippen LogP contribution in [0.25, 0.3) is 0 Å². The highest BCUT2D eigenvalue weighted by Crippen LogP contribution is 2.37. The molecule has 2 bridgehead atoms. The van der Waals surface area contributed by atoms with Crippen LogP contribution in [0.5, 0.6) is 0 Å². The number of hydrogen-bond acceptors (Lipinski definition) is 3. The van der Waals surface area contributed by atoms with Crippen LogP contribution >= 0.6 is 23.6 Å². The topological polar surface area (TPSA) is 27.3 Å². The number of aryl methyl sites for hydroxylation is 1. The fourth-order valence-corrected chi connectivity index (χ4v) is 5.45. The van der Waals surface area contributed by atoms with Crippen molar-refractivity contribution < 1.29 is 0 Å². The van der Waals surface area contributed by atoms with E-state index < -0.39 is 0 Å². The van der Waals surface area contributed by atoms with E-state index in [2.05, 4.69) is 65.1 Å². The SMILES string of the molecule is Cc1cccc(NC(=S)NC2C[C@H]3CC[C@H](C2)N3Cc2cccs2)c1C. The number of nitrogens with one attached hydrogen (secondary N) is 2. The summed E-state index contributed by atoms with van der Waals surface area (Å²) in [5.74, 6) is 0. The van der Waals surface area contributed by atoms with E-state index in [1.165, 1.54) is 41.7 Å². The molecule has 0 radical (unpaired) electrons. The van der Waals surface area contributed by atoms with Gasteiger partial charge in [0.2, 0.25) is 0 Å². The van der Waals surface area contributed by atoms with Gasteiger partial charge in [-0.2, -0.15) is 0 Å². The van der Waals surface area contributed by atoms with Crippen molar-refractivity contribution in [3.63, 3.8) is 0 Å². The first-order valence-electron chi connectivity index (χ1n) is 9.52. The second-order valence-electron chi connectivity index (χ2n) is 7.65. The maximum absolute atomic E-state index is 5.61. The molecular formula is C21H27N3S2. The van der Waals surface area contributed by atoms with Crippen molar-refractivity contribution >= 4 is 34.4 Å². The molecule has 1 aromatic heterocycles. The van der Waals surface area contributed by atoms with Gasteiger partial charge in [0, 0.05) is 35.2 Å². The number of rotatable bonds is 4. The van der Waals surface area contributed by atoms with Crippen LogP contribution in [0.15, 0.2) is 35.7 Å². The second-order valence-corrected chi connectivity index (χ2v) is 9.09. The quantitative estimate of drug-likeness (QED) is 0.736. The Labute approximate surface area is 165 Å². The summed E-state index contributed by atoms with van der Waals surface area (Å²) in [6.45, 7) is 5.40. The fourth-order valence-electron chi connectivity index (χ4n) is 4.46. The molecule has 5 heteroatoms. The second kappa shape index (κ2) is 7.67. The highest BCUT2D eigenvalue weighted by atomic mass is 32.1. The molecule has 2 N–H and O–H groups in total. The summed E-state index contributed by atoms with van der Waals surface area (Å²) in [4.78, 5) is 4.21. The van der Waals surface area contributed by atoms with Gasteiger partial charge in [-0.05, 0) is 80.4 Å². The molecule has 2 atom stereocenters. The van der Waals surface area contributed by atoms with Crippen LogP contribution in [0.1, 0.15) is 41.7 Å². The van der Waals surface area contributed by atoms with Gasteiger partial charge in [0.15, 0.2) is 5.11 Å². The van der Waals surface area contributed by atoms with E-state index in [4.69, 9.17) is 12.2 Å². The van der Waals surface area contributed by atoms with E-state index in [-0.39, 0.29) is 0 Å². The summed E-state index contributed by atoms with van der Waals surface area (Å²) in [6.07, 6.45) is 5.03.